The van der Waals surface area contributed by atoms with Crippen LogP contribution in [-0.2, 0) is 33.3 Å². The Morgan fingerprint density at radius 1 is 0.875 bits per heavy atom. The maximum absolute atomic E-state index is 13.7. The third-order valence-corrected chi connectivity index (χ3v) is 12.8. The largest absolute Gasteiger partial charge is 0.504 e. The molecule has 0 spiro atoms. The maximum atomic E-state index is 13.7. The third-order valence-electron chi connectivity index (χ3n) is 11.8. The molecule has 1 amide bonds. The van der Waals surface area contributed by atoms with E-state index in [2.05, 4.69) is 25.4 Å². The van der Waals surface area contributed by atoms with Crippen molar-refractivity contribution in [3.05, 3.63) is 135 Å². The van der Waals surface area contributed by atoms with Crippen molar-refractivity contribution in [1.82, 2.24) is 19.6 Å². The first kappa shape index (κ1) is 51.3. The Kier molecular flexibility index (Phi) is 18.1. The van der Waals surface area contributed by atoms with Gasteiger partial charge < -0.3 is 53.1 Å². The summed E-state index contributed by atoms with van der Waals surface area (Å²) < 4.78 is 49.0. The predicted octanol–water partition coefficient (Wildman–Crippen LogP) is 7.03. The smallest absolute Gasteiger partial charge is 0.345 e. The quantitative estimate of drug-likeness (QED) is 0.0174. The normalized spacial score (nSPS) is 14.7. The number of ether oxygens (including phenoxy) is 5. The Balaban J connectivity index is 0.624. The van der Waals surface area contributed by atoms with Gasteiger partial charge in [-0.2, -0.15) is 0 Å². The highest BCUT2D eigenvalue weighted by Gasteiger charge is 2.35. The van der Waals surface area contributed by atoms with Crippen LogP contribution in [0.15, 0.2) is 122 Å². The highest BCUT2D eigenvalue weighted by Crippen LogP contribution is 2.41. The number of piperazine rings is 1. The number of anilines is 2. The van der Waals surface area contributed by atoms with Gasteiger partial charge in [0.15, 0.2) is 11.5 Å². The zero-order valence-electron chi connectivity index (χ0n) is 39.9. The Bertz CT molecular complexity index is 2970. The molecule has 0 aliphatic carbocycles. The molecule has 0 radical (unpaired) electrons. The molecule has 3 N–H and O–H groups in total. The number of allylic oxidation sites excluding steroid dienone is 1. The number of benzene rings is 3. The van der Waals surface area contributed by atoms with Gasteiger partial charge in [0.1, 0.15) is 22.6 Å². The van der Waals surface area contributed by atoms with E-state index in [1.54, 1.807) is 48.0 Å². The second-order valence-corrected chi connectivity index (χ2v) is 17.9. The number of Topliss-reactive ketones (excluding diaryl/α,β-unsaturated/α-hetero) is 1. The van der Waals surface area contributed by atoms with Crippen molar-refractivity contribution in [2.24, 2.45) is 0 Å². The molecule has 2 aliphatic rings. The zero-order chi connectivity index (χ0) is 50.2. The fraction of sp³-hybridized carbons (Fsp3) is 0.340. The number of hydrogen-bond acceptors (Lipinski definition) is 16. The molecular weight excluding hydrogens is 948 g/mol. The lowest BCUT2D eigenvalue weighted by Gasteiger charge is -2.36. The van der Waals surface area contributed by atoms with Crippen molar-refractivity contribution >= 4 is 63.5 Å². The van der Waals surface area contributed by atoms with Crippen LogP contribution in [0.1, 0.15) is 31.7 Å². The van der Waals surface area contributed by atoms with Gasteiger partial charge in [0, 0.05) is 87.0 Å². The molecule has 8 rings (SSSR count). The van der Waals surface area contributed by atoms with E-state index in [0.717, 1.165) is 61.2 Å². The molecule has 0 atom stereocenters. The summed E-state index contributed by atoms with van der Waals surface area (Å²) in [6, 6.07) is 24.3. The van der Waals surface area contributed by atoms with Crippen molar-refractivity contribution in [2.75, 3.05) is 102 Å². The number of fused-ring (bicyclic) bond motifs is 2. The molecule has 6 aromatic rings. The monoisotopic (exact) mass is 1000 g/mol. The highest BCUT2D eigenvalue weighted by atomic mass is 32.2. The molecule has 19 heteroatoms. The van der Waals surface area contributed by atoms with Crippen molar-refractivity contribution in [2.45, 2.75) is 26.2 Å². The number of para-hydroxylation sites is 1. The van der Waals surface area contributed by atoms with Crippen molar-refractivity contribution in [3.63, 3.8) is 0 Å². The van der Waals surface area contributed by atoms with Gasteiger partial charge in [0.2, 0.25) is 11.7 Å². The summed E-state index contributed by atoms with van der Waals surface area (Å²) in [7, 11) is 0. The fourth-order valence-corrected chi connectivity index (χ4v) is 9.06. The number of aromatic nitrogens is 2. The lowest BCUT2D eigenvalue weighted by Crippen LogP contribution is -2.47. The number of unbranched alkanes of at least 4 members (excludes halogenated alkanes) is 1. The van der Waals surface area contributed by atoms with Gasteiger partial charge in [-0.1, -0.05) is 36.0 Å². The van der Waals surface area contributed by atoms with E-state index in [1.807, 2.05) is 48.5 Å². The number of ketones is 1. The molecule has 1 fully saturated rings. The zero-order valence-corrected chi connectivity index (χ0v) is 40.8. The van der Waals surface area contributed by atoms with Crippen LogP contribution in [0.5, 0.6) is 11.5 Å². The Morgan fingerprint density at radius 2 is 1.65 bits per heavy atom. The SMILES string of the molecule is CCOC(=O)C1=C(Nc2ccccc2)S/C(=C\c2ccc(OCCCCC(=O)NCCOCCOCCOCCN3CCN(c4ccc5cc(-c6cn7ccc(F)cc7n6)c(=O)oc5c4)CC3)c(O)c2)C1=O. The number of aromatic hydroxyl groups is 1. The summed E-state index contributed by atoms with van der Waals surface area (Å²) >= 11 is 1.12. The Hall–Kier alpha value is -7.03. The molecule has 0 bridgehead atoms. The van der Waals surface area contributed by atoms with Gasteiger partial charge in [-0.3, -0.25) is 14.5 Å². The van der Waals surface area contributed by atoms with Crippen LogP contribution in [0.2, 0.25) is 0 Å². The highest BCUT2D eigenvalue weighted by molar-refractivity contribution is 8.08. The van der Waals surface area contributed by atoms with Crippen LogP contribution < -0.4 is 25.9 Å². The summed E-state index contributed by atoms with van der Waals surface area (Å²) in [5.74, 6) is -1.48. The summed E-state index contributed by atoms with van der Waals surface area (Å²) in [4.78, 5) is 60.6. The minimum atomic E-state index is -0.705. The second-order valence-electron chi connectivity index (χ2n) is 16.8. The van der Waals surface area contributed by atoms with Crippen LogP contribution >= 0.6 is 11.8 Å². The predicted molar refractivity (Wildman–Crippen MR) is 272 cm³/mol. The average Bonchev–Trinajstić information content (AvgIpc) is 3.93. The van der Waals surface area contributed by atoms with E-state index >= 15 is 0 Å². The number of carbonyl (C=O) groups is 3. The first-order chi connectivity index (χ1) is 35.1. The number of hydrogen-bond donors (Lipinski definition) is 3. The minimum Gasteiger partial charge on any atom is -0.504 e. The molecule has 1 saturated heterocycles. The summed E-state index contributed by atoms with van der Waals surface area (Å²) in [6.07, 6.45) is 6.36. The van der Waals surface area contributed by atoms with Gasteiger partial charge in [-0.25, -0.2) is 19.0 Å². The molecule has 3 aromatic heterocycles. The number of phenolic OH excluding ortho intramolecular Hbond substituents is 1. The number of nitrogens with zero attached hydrogens (tertiary/aromatic N) is 4. The van der Waals surface area contributed by atoms with Gasteiger partial charge in [0.25, 0.3) is 0 Å². The number of esters is 1. The van der Waals surface area contributed by atoms with E-state index in [0.29, 0.717) is 110 Å². The number of amides is 1. The summed E-state index contributed by atoms with van der Waals surface area (Å²) in [5, 5.41) is 17.8. The lowest BCUT2D eigenvalue weighted by molar-refractivity contribution is -0.139. The van der Waals surface area contributed by atoms with Crippen LogP contribution in [0, 0.1) is 5.82 Å². The van der Waals surface area contributed by atoms with Crippen molar-refractivity contribution in [1.29, 1.82) is 0 Å². The number of thioether (sulfide) groups is 1. The van der Waals surface area contributed by atoms with Crippen molar-refractivity contribution in [3.8, 4) is 22.8 Å². The molecule has 2 aliphatic heterocycles. The summed E-state index contributed by atoms with van der Waals surface area (Å²) in [6.45, 7) is 9.38. The van der Waals surface area contributed by atoms with Gasteiger partial charge in [0.05, 0.1) is 74.0 Å². The molecule has 72 heavy (non-hydrogen) atoms. The maximum Gasteiger partial charge on any atom is 0.345 e. The van der Waals surface area contributed by atoms with Crippen LogP contribution in [0.25, 0.3) is 33.9 Å². The first-order valence-electron chi connectivity index (χ1n) is 23.9. The second kappa shape index (κ2) is 25.4. The van der Waals surface area contributed by atoms with E-state index in [-0.39, 0.29) is 29.6 Å². The Labute approximate surface area is 419 Å². The van der Waals surface area contributed by atoms with Gasteiger partial charge >= 0.3 is 11.6 Å². The number of imidazole rings is 1. The first-order valence-corrected chi connectivity index (χ1v) is 24.8. The number of halogens is 1. The summed E-state index contributed by atoms with van der Waals surface area (Å²) in [5.41, 5.74) is 3.34. The van der Waals surface area contributed by atoms with Gasteiger partial charge in [-0.15, -0.1) is 0 Å². The Morgan fingerprint density at radius 3 is 2.43 bits per heavy atom. The molecule has 5 heterocycles. The minimum absolute atomic E-state index is 0.0692. The van der Waals surface area contributed by atoms with E-state index < -0.39 is 23.2 Å². The lowest BCUT2D eigenvalue weighted by atomic mass is 10.1. The van der Waals surface area contributed by atoms with E-state index in [4.69, 9.17) is 28.1 Å². The van der Waals surface area contributed by atoms with E-state index in [1.165, 1.54) is 18.2 Å². The molecule has 17 nitrogen and oxygen atoms in total. The topological polar surface area (TPSA) is 196 Å². The standard InChI is InChI=1S/C53H57FN6O11S/c1-2-69-53(65)49-50(63)46(72-51(49)56-39-8-4-3-5-9-39)31-36-11-14-44(43(61)30-36)70-23-7-6-10-48(62)55-16-24-66-26-28-68-29-27-67-25-22-58-18-20-59(21-19-58)40-13-12-37-32-41(52(64)71-45(37)34-40)42-35-60-17-15-38(54)33-47(60)57-42/h3-5,8-9,11-15,17,30-35,56,61H,2,6-7,10,16,18-29H2,1H3,(H,55,62)/b46-31-. The number of rotatable bonds is 25. The van der Waals surface area contributed by atoms with Crippen LogP contribution in [0.3, 0.4) is 0 Å². The number of nitrogens with one attached hydrogen (secondary N) is 2. The number of carbonyl (C=O) groups excluding carboxylic acids is 3. The number of phenols is 1. The third kappa shape index (κ3) is 13.9. The van der Waals surface area contributed by atoms with Gasteiger partial charge in [-0.05, 0) is 79.9 Å². The molecule has 3 aromatic carbocycles. The van der Waals surface area contributed by atoms with Crippen LogP contribution in [0.4, 0.5) is 15.8 Å². The molecule has 378 valence electrons. The fourth-order valence-electron chi connectivity index (χ4n) is 8.00. The van der Waals surface area contributed by atoms with Crippen LogP contribution in [-0.4, -0.2) is 129 Å². The van der Waals surface area contributed by atoms with Crippen molar-refractivity contribution < 1.29 is 52.0 Å². The molecule has 0 unspecified atom stereocenters. The molecular formula is C53H57FN6O11S. The number of pyridine rings is 1. The van der Waals surface area contributed by atoms with E-state index in [9.17, 15) is 28.7 Å². The molecule has 0 saturated carbocycles. The average molecular weight is 1010 g/mol.